The van der Waals surface area contributed by atoms with Crippen molar-refractivity contribution in [3.8, 4) is 0 Å². The zero-order valence-corrected chi connectivity index (χ0v) is 12.6. The molecule has 0 aliphatic rings. The number of hydrogen-bond donors (Lipinski definition) is 2. The summed E-state index contributed by atoms with van der Waals surface area (Å²) in [6.07, 6.45) is -1.23. The topological polar surface area (TPSA) is 50.4 Å². The Morgan fingerprint density at radius 1 is 1.30 bits per heavy atom. The molecule has 20 heavy (non-hydrogen) atoms. The highest BCUT2D eigenvalue weighted by molar-refractivity contribution is 5.75. The smallest absolute Gasteiger partial charge is 0.283 e. The molecule has 1 unspecified atom stereocenters. The monoisotopic (exact) mass is 298 g/mol. The first kappa shape index (κ1) is 19.2. The Hall–Kier alpha value is -0.820. The Labute approximate surface area is 118 Å². The largest absolute Gasteiger partial charge is 0.372 e. The summed E-state index contributed by atoms with van der Waals surface area (Å²) in [5.74, 6) is -3.34. The minimum atomic E-state index is -3.06. The molecule has 2 N–H and O–H groups in total. The predicted octanol–water partition coefficient (Wildman–Crippen LogP) is 1.89. The molecule has 0 saturated heterocycles. The van der Waals surface area contributed by atoms with Crippen LogP contribution in [0.2, 0.25) is 0 Å². The highest BCUT2D eigenvalue weighted by atomic mass is 19.3. The van der Waals surface area contributed by atoms with Crippen molar-refractivity contribution >= 4 is 5.91 Å². The van der Waals surface area contributed by atoms with Gasteiger partial charge >= 0.3 is 0 Å². The number of carbonyl (C=O) groups is 1. The van der Waals surface area contributed by atoms with E-state index >= 15 is 0 Å². The van der Waals surface area contributed by atoms with Crippen molar-refractivity contribution in [2.45, 2.75) is 51.7 Å². The van der Waals surface area contributed by atoms with Gasteiger partial charge in [-0.2, -0.15) is 0 Å². The van der Waals surface area contributed by atoms with E-state index in [4.69, 9.17) is 0 Å². The first-order valence-corrected chi connectivity index (χ1v) is 6.67. The van der Waals surface area contributed by atoms with Crippen LogP contribution in [0.25, 0.3) is 0 Å². The summed E-state index contributed by atoms with van der Waals surface area (Å²) in [4.78, 5) is 10.9. The van der Waals surface area contributed by atoms with Crippen molar-refractivity contribution in [2.24, 2.45) is 0 Å². The lowest BCUT2D eigenvalue weighted by Gasteiger charge is -2.25. The maximum absolute atomic E-state index is 13.4. The second-order valence-corrected chi connectivity index (χ2v) is 5.73. The van der Waals surface area contributed by atoms with Crippen LogP contribution in [-0.4, -0.2) is 49.8 Å². The van der Waals surface area contributed by atoms with E-state index in [0.717, 1.165) is 0 Å². The van der Waals surface area contributed by atoms with Crippen molar-refractivity contribution in [1.29, 1.82) is 0 Å². The van der Waals surface area contributed by atoms with Crippen LogP contribution in [0, 0.1) is 0 Å². The molecule has 0 aromatic heterocycles. The highest BCUT2D eigenvalue weighted by Crippen LogP contribution is 2.14. The lowest BCUT2D eigenvalue weighted by molar-refractivity contribution is -0.121. The Kier molecular flexibility index (Phi) is 8.12. The fraction of sp³-hybridized carbons (Fsp3) is 0.923. The van der Waals surface area contributed by atoms with Gasteiger partial charge in [0.05, 0.1) is 19.7 Å². The molecule has 120 valence electrons. The van der Waals surface area contributed by atoms with Crippen LogP contribution in [0.4, 0.5) is 13.2 Å². The first-order chi connectivity index (χ1) is 9.06. The Morgan fingerprint density at radius 2 is 1.90 bits per heavy atom. The van der Waals surface area contributed by atoms with Gasteiger partial charge < -0.3 is 15.4 Å². The minimum Gasteiger partial charge on any atom is -0.372 e. The zero-order valence-electron chi connectivity index (χ0n) is 12.6. The molecule has 0 aromatic carbocycles. The van der Waals surface area contributed by atoms with E-state index in [-0.39, 0.29) is 18.9 Å². The van der Waals surface area contributed by atoms with Gasteiger partial charge in [0.1, 0.15) is 12.8 Å². The molecule has 0 radical (unpaired) electrons. The molecule has 4 nitrogen and oxygen atoms in total. The molecule has 0 saturated carbocycles. The highest BCUT2D eigenvalue weighted by Gasteiger charge is 2.31. The van der Waals surface area contributed by atoms with E-state index in [0.29, 0.717) is 0 Å². The molecule has 7 heteroatoms. The zero-order chi connectivity index (χ0) is 15.8. The van der Waals surface area contributed by atoms with Crippen molar-refractivity contribution in [3.63, 3.8) is 0 Å². The Morgan fingerprint density at radius 3 is 2.40 bits per heavy atom. The lowest BCUT2D eigenvalue weighted by Crippen LogP contribution is -2.45. The molecule has 0 aliphatic heterocycles. The van der Waals surface area contributed by atoms with E-state index in [1.165, 1.54) is 0 Å². The summed E-state index contributed by atoms with van der Waals surface area (Å²) in [7, 11) is 0. The van der Waals surface area contributed by atoms with Crippen molar-refractivity contribution < 1.29 is 22.7 Å². The van der Waals surface area contributed by atoms with Gasteiger partial charge in [-0.05, 0) is 20.8 Å². The van der Waals surface area contributed by atoms with E-state index < -0.39 is 37.4 Å². The van der Waals surface area contributed by atoms with Gasteiger partial charge in [-0.1, -0.05) is 6.92 Å². The SMILES string of the molecule is CCC(=O)NCC(F)COCC(F)(F)CNC(C)(C)C. The molecule has 0 fully saturated rings. The summed E-state index contributed by atoms with van der Waals surface area (Å²) >= 11 is 0. The Bertz CT molecular complexity index is 294. The van der Waals surface area contributed by atoms with Gasteiger partial charge in [0, 0.05) is 12.0 Å². The van der Waals surface area contributed by atoms with Gasteiger partial charge in [-0.3, -0.25) is 4.79 Å². The van der Waals surface area contributed by atoms with E-state index in [9.17, 15) is 18.0 Å². The molecule has 0 bridgehead atoms. The van der Waals surface area contributed by atoms with Crippen LogP contribution in [0.15, 0.2) is 0 Å². The molecule has 1 amide bonds. The van der Waals surface area contributed by atoms with Crippen molar-refractivity contribution in [2.75, 3.05) is 26.3 Å². The van der Waals surface area contributed by atoms with E-state index in [1.54, 1.807) is 27.7 Å². The molecule has 1 atom stereocenters. The van der Waals surface area contributed by atoms with Crippen molar-refractivity contribution in [1.82, 2.24) is 10.6 Å². The molecule has 0 heterocycles. The lowest BCUT2D eigenvalue weighted by atomic mass is 10.1. The molecular weight excluding hydrogens is 273 g/mol. The maximum Gasteiger partial charge on any atom is 0.283 e. The summed E-state index contributed by atoms with van der Waals surface area (Å²) in [6, 6.07) is 0. The van der Waals surface area contributed by atoms with Crippen LogP contribution in [0.5, 0.6) is 0 Å². The molecule has 0 spiro atoms. The van der Waals surface area contributed by atoms with Crippen LogP contribution < -0.4 is 10.6 Å². The summed E-state index contributed by atoms with van der Waals surface area (Å²) < 4.78 is 44.7. The number of alkyl halides is 3. The van der Waals surface area contributed by atoms with Gasteiger partial charge in [0.2, 0.25) is 5.91 Å². The normalized spacial score (nSPS) is 14.2. The van der Waals surface area contributed by atoms with Crippen LogP contribution in [0.3, 0.4) is 0 Å². The number of ether oxygens (including phenoxy) is 1. The predicted molar refractivity (Wildman–Crippen MR) is 71.7 cm³/mol. The Balaban J connectivity index is 3.83. The third kappa shape index (κ3) is 11.0. The van der Waals surface area contributed by atoms with Crippen molar-refractivity contribution in [3.05, 3.63) is 0 Å². The van der Waals surface area contributed by atoms with Gasteiger partial charge in [-0.25, -0.2) is 13.2 Å². The summed E-state index contributed by atoms with van der Waals surface area (Å²) in [6.45, 7) is 4.90. The van der Waals surface area contributed by atoms with Crippen LogP contribution >= 0.6 is 0 Å². The fourth-order valence-corrected chi connectivity index (χ4v) is 1.19. The average molecular weight is 298 g/mol. The average Bonchev–Trinajstić information content (AvgIpc) is 2.32. The second-order valence-electron chi connectivity index (χ2n) is 5.73. The summed E-state index contributed by atoms with van der Waals surface area (Å²) in [5, 5.41) is 5.00. The minimum absolute atomic E-state index is 0.224. The van der Waals surface area contributed by atoms with E-state index in [2.05, 4.69) is 15.4 Å². The van der Waals surface area contributed by atoms with Gasteiger partial charge in [0.15, 0.2) is 0 Å². The number of rotatable bonds is 9. The standard InChI is InChI=1S/C13H25F3N2O2/c1-5-11(19)17-6-10(14)7-20-9-13(15,16)8-18-12(2,3)4/h10,18H,5-9H2,1-4H3,(H,17,19). The summed E-state index contributed by atoms with van der Waals surface area (Å²) in [5.41, 5.74) is -0.420. The van der Waals surface area contributed by atoms with Crippen LogP contribution in [-0.2, 0) is 9.53 Å². The number of carbonyl (C=O) groups excluding carboxylic acids is 1. The third-order valence-corrected chi connectivity index (χ3v) is 2.33. The third-order valence-electron chi connectivity index (χ3n) is 2.33. The molecular formula is C13H25F3N2O2. The fourth-order valence-electron chi connectivity index (χ4n) is 1.19. The second kappa shape index (κ2) is 8.46. The molecule has 0 aromatic rings. The van der Waals surface area contributed by atoms with Crippen LogP contribution in [0.1, 0.15) is 34.1 Å². The van der Waals surface area contributed by atoms with Gasteiger partial charge in [-0.15, -0.1) is 0 Å². The number of hydrogen-bond acceptors (Lipinski definition) is 3. The maximum atomic E-state index is 13.4. The molecule has 0 rings (SSSR count). The van der Waals surface area contributed by atoms with Gasteiger partial charge in [0.25, 0.3) is 5.92 Å². The quantitative estimate of drug-likeness (QED) is 0.683. The van der Waals surface area contributed by atoms with E-state index in [1.807, 2.05) is 0 Å². The number of nitrogens with one attached hydrogen (secondary N) is 2. The number of halogens is 3. The number of amides is 1. The molecule has 0 aliphatic carbocycles. The first-order valence-electron chi connectivity index (χ1n) is 6.67.